The second-order valence-electron chi connectivity index (χ2n) is 7.58. The number of rotatable bonds is 3. The monoisotopic (exact) mass is 395 g/mol. The van der Waals surface area contributed by atoms with E-state index in [1.165, 1.54) is 4.90 Å². The number of anilines is 1. The second-order valence-corrected chi connectivity index (χ2v) is 7.92. The van der Waals surface area contributed by atoms with Crippen LogP contribution in [-0.2, 0) is 9.53 Å². The highest BCUT2D eigenvalue weighted by atomic mass is 35.5. The van der Waals surface area contributed by atoms with Gasteiger partial charge in [0.15, 0.2) is 0 Å². The van der Waals surface area contributed by atoms with E-state index in [0.29, 0.717) is 24.4 Å². The van der Waals surface area contributed by atoms with Crippen LogP contribution in [0.5, 0.6) is 0 Å². The minimum atomic E-state index is -0.956. The van der Waals surface area contributed by atoms with Gasteiger partial charge in [-0.1, -0.05) is 0 Å². The number of carbonyl (C=O) groups is 2. The zero-order valence-corrected chi connectivity index (χ0v) is 16.1. The SMILES string of the molecule is CC(C)(C)OC(=O)N1C[C@H](Nc2nc(Cl)nc3[nH]ccc23)C[C@H](C(=O)O)C1. The third-order valence-corrected chi connectivity index (χ3v) is 4.35. The lowest BCUT2D eigenvalue weighted by Gasteiger charge is -2.37. The summed E-state index contributed by atoms with van der Waals surface area (Å²) in [6.45, 7) is 5.71. The molecule has 2 aromatic heterocycles. The van der Waals surface area contributed by atoms with Crippen molar-refractivity contribution in [3.05, 3.63) is 17.5 Å². The number of piperidine rings is 1. The van der Waals surface area contributed by atoms with Crippen LogP contribution in [0.1, 0.15) is 27.2 Å². The molecular formula is C17H22ClN5O4. The van der Waals surface area contributed by atoms with Gasteiger partial charge < -0.3 is 25.0 Å². The molecule has 27 heavy (non-hydrogen) atoms. The first kappa shape index (κ1) is 19.2. The number of amides is 1. The topological polar surface area (TPSA) is 120 Å². The summed E-state index contributed by atoms with van der Waals surface area (Å²) < 4.78 is 5.40. The van der Waals surface area contributed by atoms with Gasteiger partial charge >= 0.3 is 12.1 Å². The molecule has 1 amide bonds. The van der Waals surface area contributed by atoms with E-state index in [4.69, 9.17) is 16.3 Å². The van der Waals surface area contributed by atoms with Crippen LogP contribution in [0.15, 0.2) is 12.3 Å². The highest BCUT2D eigenvalue weighted by molar-refractivity contribution is 6.28. The maximum Gasteiger partial charge on any atom is 0.410 e. The van der Waals surface area contributed by atoms with Crippen LogP contribution >= 0.6 is 11.6 Å². The zero-order chi connectivity index (χ0) is 19.8. The number of carboxylic acid groups (broad SMARTS) is 1. The fraction of sp³-hybridized carbons (Fsp3) is 0.529. The number of fused-ring (bicyclic) bond motifs is 1. The number of carboxylic acids is 1. The van der Waals surface area contributed by atoms with E-state index < -0.39 is 23.6 Å². The number of nitrogens with zero attached hydrogens (tertiary/aromatic N) is 3. The number of H-pyrrole nitrogens is 1. The van der Waals surface area contributed by atoms with Crippen LogP contribution in [0.25, 0.3) is 11.0 Å². The number of hydrogen-bond donors (Lipinski definition) is 3. The molecule has 0 saturated carbocycles. The average molecular weight is 396 g/mol. The number of hydrogen-bond acceptors (Lipinski definition) is 6. The lowest BCUT2D eigenvalue weighted by Crippen LogP contribution is -2.51. The van der Waals surface area contributed by atoms with Crippen LogP contribution in [0, 0.1) is 5.92 Å². The van der Waals surface area contributed by atoms with Gasteiger partial charge in [0, 0.05) is 25.3 Å². The molecule has 9 nitrogen and oxygen atoms in total. The molecule has 3 N–H and O–H groups in total. The molecular weight excluding hydrogens is 374 g/mol. The minimum Gasteiger partial charge on any atom is -0.481 e. The zero-order valence-electron chi connectivity index (χ0n) is 15.3. The Labute approximate surface area is 161 Å². The van der Waals surface area contributed by atoms with Gasteiger partial charge in [0.05, 0.1) is 11.3 Å². The fourth-order valence-corrected chi connectivity index (χ4v) is 3.24. The number of carbonyl (C=O) groups excluding carboxylic acids is 1. The molecule has 1 saturated heterocycles. The summed E-state index contributed by atoms with van der Waals surface area (Å²) in [5.74, 6) is -1.17. The summed E-state index contributed by atoms with van der Waals surface area (Å²) in [5, 5.41) is 13.5. The molecule has 2 atom stereocenters. The summed E-state index contributed by atoms with van der Waals surface area (Å²) in [4.78, 5) is 36.7. The quantitative estimate of drug-likeness (QED) is 0.683. The van der Waals surface area contributed by atoms with E-state index in [1.54, 1.807) is 33.0 Å². The van der Waals surface area contributed by atoms with Gasteiger partial charge in [-0.15, -0.1) is 0 Å². The van der Waals surface area contributed by atoms with Gasteiger partial charge in [0.25, 0.3) is 0 Å². The summed E-state index contributed by atoms with van der Waals surface area (Å²) >= 11 is 5.97. The highest BCUT2D eigenvalue weighted by Gasteiger charge is 2.36. The summed E-state index contributed by atoms with van der Waals surface area (Å²) in [6.07, 6.45) is 1.53. The second kappa shape index (κ2) is 7.22. The fourth-order valence-electron chi connectivity index (χ4n) is 3.08. The van der Waals surface area contributed by atoms with Gasteiger partial charge in [0.2, 0.25) is 5.28 Å². The number of likely N-dealkylation sites (tertiary alicyclic amines) is 1. The van der Waals surface area contributed by atoms with Gasteiger partial charge in [-0.25, -0.2) is 9.78 Å². The van der Waals surface area contributed by atoms with Gasteiger partial charge in [0.1, 0.15) is 17.1 Å². The molecule has 0 unspecified atom stereocenters. The average Bonchev–Trinajstić information content (AvgIpc) is 3.01. The molecule has 1 fully saturated rings. The smallest absolute Gasteiger partial charge is 0.410 e. The molecule has 1 aliphatic heterocycles. The molecule has 0 spiro atoms. The number of aliphatic carboxylic acids is 1. The van der Waals surface area contributed by atoms with E-state index in [9.17, 15) is 14.7 Å². The largest absolute Gasteiger partial charge is 0.481 e. The van der Waals surface area contributed by atoms with Crippen molar-refractivity contribution in [3.63, 3.8) is 0 Å². The third kappa shape index (κ3) is 4.60. The van der Waals surface area contributed by atoms with Crippen molar-refractivity contribution in [2.45, 2.75) is 38.8 Å². The van der Waals surface area contributed by atoms with Gasteiger partial charge in [-0.2, -0.15) is 4.98 Å². The van der Waals surface area contributed by atoms with Crippen LogP contribution in [0.2, 0.25) is 5.28 Å². The molecule has 1 aliphatic rings. The van der Waals surface area contributed by atoms with E-state index >= 15 is 0 Å². The van der Waals surface area contributed by atoms with Crippen molar-refractivity contribution in [1.82, 2.24) is 19.9 Å². The first-order valence-corrected chi connectivity index (χ1v) is 8.98. The maximum absolute atomic E-state index is 12.4. The molecule has 0 radical (unpaired) electrons. The number of aromatic nitrogens is 3. The molecule has 2 aromatic rings. The summed E-state index contributed by atoms with van der Waals surface area (Å²) in [5.41, 5.74) is -0.0831. The van der Waals surface area contributed by atoms with Gasteiger partial charge in [-0.3, -0.25) is 4.79 Å². The maximum atomic E-state index is 12.4. The summed E-state index contributed by atoms with van der Waals surface area (Å²) in [6, 6.07) is 1.48. The first-order chi connectivity index (χ1) is 12.6. The molecule has 0 bridgehead atoms. The van der Waals surface area contributed by atoms with Crippen LogP contribution in [0.4, 0.5) is 10.6 Å². The lowest BCUT2D eigenvalue weighted by molar-refractivity contribution is -0.143. The van der Waals surface area contributed by atoms with E-state index in [1.807, 2.05) is 0 Å². The van der Waals surface area contributed by atoms with Crippen LogP contribution < -0.4 is 5.32 Å². The van der Waals surface area contributed by atoms with E-state index in [2.05, 4.69) is 20.3 Å². The Balaban J connectivity index is 1.82. The Morgan fingerprint density at radius 2 is 2.11 bits per heavy atom. The first-order valence-electron chi connectivity index (χ1n) is 8.60. The molecule has 3 heterocycles. The Kier molecular flexibility index (Phi) is 5.14. The van der Waals surface area contributed by atoms with Crippen molar-refractivity contribution < 1.29 is 19.4 Å². The number of nitrogens with one attached hydrogen (secondary N) is 2. The lowest BCUT2D eigenvalue weighted by atomic mass is 9.94. The van der Waals surface area contributed by atoms with E-state index in [0.717, 1.165) is 5.39 Å². The van der Waals surface area contributed by atoms with Gasteiger partial charge in [-0.05, 0) is 44.9 Å². The Hall–Kier alpha value is -2.55. The van der Waals surface area contributed by atoms with Crippen molar-refractivity contribution in [3.8, 4) is 0 Å². The Morgan fingerprint density at radius 1 is 1.37 bits per heavy atom. The van der Waals surface area contributed by atoms with Crippen LogP contribution in [0.3, 0.4) is 0 Å². The Morgan fingerprint density at radius 3 is 2.78 bits per heavy atom. The van der Waals surface area contributed by atoms with Crippen molar-refractivity contribution in [2.75, 3.05) is 18.4 Å². The van der Waals surface area contributed by atoms with Crippen molar-refractivity contribution in [1.29, 1.82) is 0 Å². The third-order valence-electron chi connectivity index (χ3n) is 4.18. The molecule has 10 heteroatoms. The molecule has 0 aromatic carbocycles. The molecule has 0 aliphatic carbocycles. The molecule has 146 valence electrons. The molecule has 3 rings (SSSR count). The van der Waals surface area contributed by atoms with Crippen LogP contribution in [-0.4, -0.2) is 61.8 Å². The number of aromatic amines is 1. The minimum absolute atomic E-state index is 0.0713. The predicted octanol–water partition coefficient (Wildman–Crippen LogP) is 2.73. The number of halogens is 1. The Bertz CT molecular complexity index is 863. The predicted molar refractivity (Wildman–Crippen MR) is 99.9 cm³/mol. The highest BCUT2D eigenvalue weighted by Crippen LogP contribution is 2.26. The van der Waals surface area contributed by atoms with E-state index in [-0.39, 0.29) is 17.9 Å². The van der Waals surface area contributed by atoms with Crippen molar-refractivity contribution in [2.24, 2.45) is 5.92 Å². The normalized spacial score (nSPS) is 20.5. The summed E-state index contributed by atoms with van der Waals surface area (Å²) in [7, 11) is 0. The number of ether oxygens (including phenoxy) is 1. The standard InChI is InChI=1S/C17H22ClN5O4/c1-17(2,3)27-16(26)23-7-9(14(24)25)6-10(8-23)20-13-11-4-5-19-12(11)21-15(18)22-13/h4-5,9-10H,6-8H2,1-3H3,(H,24,25)(H2,19,20,21,22)/t9-,10+/m0/s1. The van der Waals surface area contributed by atoms with Crippen molar-refractivity contribution >= 4 is 40.5 Å².